The van der Waals surface area contributed by atoms with Crippen LogP contribution in [0.3, 0.4) is 0 Å². The summed E-state index contributed by atoms with van der Waals surface area (Å²) >= 11 is 3.21. The van der Waals surface area contributed by atoms with E-state index in [2.05, 4.69) is 20.9 Å². The summed E-state index contributed by atoms with van der Waals surface area (Å²) in [5, 5.41) is 10.1. The molecule has 2 nitrogen and oxygen atoms in total. The van der Waals surface area contributed by atoms with Crippen LogP contribution in [-0.4, -0.2) is 10.1 Å². The Kier molecular flexibility index (Phi) is 3.91. The zero-order valence-electron chi connectivity index (χ0n) is 9.53. The average molecular weight is 332 g/mol. The predicted molar refractivity (Wildman–Crippen MR) is 67.4 cm³/mol. The van der Waals surface area contributed by atoms with Gasteiger partial charge in [-0.3, -0.25) is 4.98 Å². The van der Waals surface area contributed by atoms with E-state index in [1.165, 1.54) is 0 Å². The number of rotatable bonds is 2. The molecule has 1 aromatic carbocycles. The number of hydrogen-bond acceptors (Lipinski definition) is 2. The summed E-state index contributed by atoms with van der Waals surface area (Å²) in [4.78, 5) is 3.66. The van der Waals surface area contributed by atoms with Crippen LogP contribution in [0.25, 0.3) is 0 Å². The van der Waals surface area contributed by atoms with Crippen molar-refractivity contribution in [2.45, 2.75) is 12.3 Å². The summed E-state index contributed by atoms with van der Waals surface area (Å²) in [7, 11) is 0. The summed E-state index contributed by atoms with van der Waals surface area (Å²) in [5.74, 6) is 0. The third-order valence-electron chi connectivity index (χ3n) is 2.65. The molecule has 0 aliphatic carbocycles. The molecule has 0 saturated carbocycles. The Labute approximate surface area is 116 Å². The Bertz CT molecular complexity index is 586. The summed E-state index contributed by atoms with van der Waals surface area (Å²) in [5.41, 5.74) is -0.784. The van der Waals surface area contributed by atoms with Gasteiger partial charge in [0, 0.05) is 22.4 Å². The van der Waals surface area contributed by atoms with E-state index in [1.54, 1.807) is 24.3 Å². The zero-order valence-corrected chi connectivity index (χ0v) is 11.1. The van der Waals surface area contributed by atoms with Crippen molar-refractivity contribution in [2.24, 2.45) is 0 Å². The van der Waals surface area contributed by atoms with E-state index in [0.717, 1.165) is 18.5 Å². The number of hydrogen-bond donors (Lipinski definition) is 1. The lowest BCUT2D eigenvalue weighted by atomic mass is 9.98. The zero-order chi connectivity index (χ0) is 14.0. The van der Waals surface area contributed by atoms with Gasteiger partial charge in [0.2, 0.25) is 0 Å². The van der Waals surface area contributed by atoms with Crippen LogP contribution in [0.4, 0.5) is 13.2 Å². The first-order valence-corrected chi connectivity index (χ1v) is 6.14. The number of benzene rings is 1. The second kappa shape index (κ2) is 5.30. The molecular formula is C13H9BrF3NO. The molecule has 100 valence electrons. The molecule has 0 bridgehead atoms. The molecule has 6 heteroatoms. The lowest BCUT2D eigenvalue weighted by molar-refractivity contribution is -0.139. The molecule has 19 heavy (non-hydrogen) atoms. The number of alkyl halides is 3. The molecule has 1 unspecified atom stereocenters. The number of nitrogens with zero attached hydrogens (tertiary/aromatic N) is 1. The molecule has 1 N–H and O–H groups in total. The van der Waals surface area contributed by atoms with Crippen molar-refractivity contribution in [3.05, 3.63) is 63.9 Å². The molecule has 0 fully saturated rings. The van der Waals surface area contributed by atoms with Crippen LogP contribution in [0.15, 0.2) is 47.2 Å². The minimum absolute atomic E-state index is 0.262. The Morgan fingerprint density at radius 1 is 1.11 bits per heavy atom. The number of aliphatic hydroxyl groups is 1. The minimum Gasteiger partial charge on any atom is -0.384 e. The maximum Gasteiger partial charge on any atom is 0.416 e. The lowest BCUT2D eigenvalue weighted by Crippen LogP contribution is -2.13. The second-order valence-corrected chi connectivity index (χ2v) is 4.74. The Morgan fingerprint density at radius 3 is 2.42 bits per heavy atom. The molecule has 2 aromatic rings. The summed E-state index contributed by atoms with van der Waals surface area (Å²) in [6.07, 6.45) is -3.83. The molecule has 1 atom stereocenters. The maximum atomic E-state index is 12.9. The van der Waals surface area contributed by atoms with Crippen LogP contribution in [0.5, 0.6) is 0 Å². The van der Waals surface area contributed by atoms with Crippen molar-refractivity contribution in [1.82, 2.24) is 4.98 Å². The van der Waals surface area contributed by atoms with Crippen LogP contribution < -0.4 is 0 Å². The van der Waals surface area contributed by atoms with Gasteiger partial charge in [-0.1, -0.05) is 34.1 Å². The third-order valence-corrected chi connectivity index (χ3v) is 3.37. The Hall–Kier alpha value is -1.40. The van der Waals surface area contributed by atoms with Gasteiger partial charge in [-0.25, -0.2) is 0 Å². The van der Waals surface area contributed by atoms with Crippen LogP contribution in [0, 0.1) is 0 Å². The molecule has 0 aliphatic rings. The highest BCUT2D eigenvalue weighted by Gasteiger charge is 2.35. The van der Waals surface area contributed by atoms with Crippen LogP contribution in [0.2, 0.25) is 0 Å². The van der Waals surface area contributed by atoms with Crippen molar-refractivity contribution in [2.75, 3.05) is 0 Å². The monoisotopic (exact) mass is 331 g/mol. The molecule has 2 rings (SSSR count). The number of aromatic nitrogens is 1. The first-order valence-electron chi connectivity index (χ1n) is 5.35. The first-order chi connectivity index (χ1) is 8.91. The van der Waals surface area contributed by atoms with Crippen LogP contribution in [0.1, 0.15) is 22.8 Å². The van der Waals surface area contributed by atoms with Crippen LogP contribution in [-0.2, 0) is 6.18 Å². The third kappa shape index (κ3) is 2.96. The maximum absolute atomic E-state index is 12.9. The normalized spacial score (nSPS) is 13.3. The van der Waals surface area contributed by atoms with Gasteiger partial charge in [-0.05, 0) is 17.7 Å². The molecular weight excluding hydrogens is 323 g/mol. The van der Waals surface area contributed by atoms with Gasteiger partial charge >= 0.3 is 6.18 Å². The van der Waals surface area contributed by atoms with Gasteiger partial charge in [0.15, 0.2) is 0 Å². The largest absolute Gasteiger partial charge is 0.416 e. The highest BCUT2D eigenvalue weighted by molar-refractivity contribution is 9.10. The van der Waals surface area contributed by atoms with E-state index in [1.807, 2.05) is 0 Å². The molecule has 0 saturated heterocycles. The Balaban J connectivity index is 2.51. The first kappa shape index (κ1) is 14.0. The van der Waals surface area contributed by atoms with E-state index >= 15 is 0 Å². The lowest BCUT2D eigenvalue weighted by Gasteiger charge is -2.18. The van der Waals surface area contributed by atoms with Gasteiger partial charge in [0.25, 0.3) is 0 Å². The summed E-state index contributed by atoms with van der Waals surface area (Å²) < 4.78 is 39.2. The highest BCUT2D eigenvalue weighted by atomic mass is 79.9. The molecule has 0 radical (unpaired) electrons. The minimum atomic E-state index is -4.53. The smallest absolute Gasteiger partial charge is 0.384 e. The van der Waals surface area contributed by atoms with Gasteiger partial charge in [-0.15, -0.1) is 0 Å². The van der Waals surface area contributed by atoms with Crippen molar-refractivity contribution in [1.29, 1.82) is 0 Å². The van der Waals surface area contributed by atoms with E-state index in [-0.39, 0.29) is 5.56 Å². The molecule has 1 heterocycles. The van der Waals surface area contributed by atoms with Crippen molar-refractivity contribution in [3.63, 3.8) is 0 Å². The van der Waals surface area contributed by atoms with Crippen molar-refractivity contribution >= 4 is 15.9 Å². The molecule has 0 amide bonds. The number of pyridine rings is 1. The summed E-state index contributed by atoms with van der Waals surface area (Å²) in [6, 6.07) is 7.43. The van der Waals surface area contributed by atoms with Crippen molar-refractivity contribution < 1.29 is 18.3 Å². The molecule has 1 aromatic heterocycles. The topological polar surface area (TPSA) is 33.1 Å². The van der Waals surface area contributed by atoms with E-state index in [9.17, 15) is 18.3 Å². The number of halogens is 4. The summed E-state index contributed by atoms with van der Waals surface area (Å²) in [6.45, 7) is 0. The van der Waals surface area contributed by atoms with Gasteiger partial charge in [0.1, 0.15) is 6.10 Å². The fraction of sp³-hybridized carbons (Fsp3) is 0.154. The average Bonchev–Trinajstić information content (AvgIpc) is 2.37. The van der Waals surface area contributed by atoms with E-state index < -0.39 is 17.8 Å². The number of aliphatic hydroxyl groups excluding tert-OH is 1. The SMILES string of the molecule is OC(c1ccccc1Br)c1cnccc1C(F)(F)F. The van der Waals surface area contributed by atoms with Gasteiger partial charge in [0.05, 0.1) is 5.56 Å². The van der Waals surface area contributed by atoms with Gasteiger partial charge < -0.3 is 5.11 Å². The highest BCUT2D eigenvalue weighted by Crippen LogP contribution is 2.37. The quantitative estimate of drug-likeness (QED) is 0.904. The van der Waals surface area contributed by atoms with E-state index in [0.29, 0.717) is 10.0 Å². The van der Waals surface area contributed by atoms with Gasteiger partial charge in [-0.2, -0.15) is 13.2 Å². The Morgan fingerprint density at radius 2 is 1.79 bits per heavy atom. The van der Waals surface area contributed by atoms with E-state index in [4.69, 9.17) is 0 Å². The van der Waals surface area contributed by atoms with Crippen molar-refractivity contribution in [3.8, 4) is 0 Å². The molecule has 0 aliphatic heterocycles. The van der Waals surface area contributed by atoms with Crippen LogP contribution >= 0.6 is 15.9 Å². The molecule has 0 spiro atoms. The fourth-order valence-corrected chi connectivity index (χ4v) is 2.25. The fourth-order valence-electron chi connectivity index (χ4n) is 1.75. The predicted octanol–water partition coefficient (Wildman–Crippen LogP) is 3.94. The second-order valence-electron chi connectivity index (χ2n) is 3.88. The standard InChI is InChI=1S/C13H9BrF3NO/c14-11-4-2-1-3-8(11)12(19)9-7-18-6-5-10(9)13(15,16)17/h1-7,12,19H.